The Labute approximate surface area is 99.2 Å². The van der Waals surface area contributed by atoms with Crippen LogP contribution in [0.2, 0.25) is 0 Å². The minimum atomic E-state index is 0. The van der Waals surface area contributed by atoms with Gasteiger partial charge in [-0.05, 0) is 27.1 Å². The Morgan fingerprint density at radius 3 is 2.27 bits per heavy atom. The Hall–Kier alpha value is -0.320. The van der Waals surface area contributed by atoms with Crippen molar-refractivity contribution in [2.75, 3.05) is 33.2 Å². The Morgan fingerprint density at radius 1 is 1.33 bits per heavy atom. The summed E-state index contributed by atoms with van der Waals surface area (Å²) >= 11 is 0. The molecule has 0 saturated carbocycles. The van der Waals surface area contributed by atoms with Crippen LogP contribution in [-0.4, -0.2) is 50.1 Å². The zero-order chi connectivity index (χ0) is 11.0. The van der Waals surface area contributed by atoms with Gasteiger partial charge in [-0.2, -0.15) is 0 Å². The average Bonchev–Trinajstić information content (AvgIpc) is 2.17. The fourth-order valence-electron chi connectivity index (χ4n) is 1.46. The summed E-state index contributed by atoms with van der Waals surface area (Å²) in [7, 11) is 1.77. The first-order valence-corrected chi connectivity index (χ1v) is 5.31. The summed E-state index contributed by atoms with van der Waals surface area (Å²) in [6.07, 6.45) is 0. The van der Waals surface area contributed by atoms with E-state index < -0.39 is 0 Å². The number of halogens is 1. The van der Waals surface area contributed by atoms with Crippen LogP contribution in [0.15, 0.2) is 0 Å². The molecule has 0 aliphatic rings. The molecule has 0 aromatic carbocycles. The van der Waals surface area contributed by atoms with E-state index in [0.717, 1.165) is 19.6 Å². The van der Waals surface area contributed by atoms with E-state index in [4.69, 9.17) is 0 Å². The number of carbonyl (C=O) groups excluding carboxylic acids is 1. The van der Waals surface area contributed by atoms with E-state index in [1.54, 1.807) is 7.05 Å². The minimum Gasteiger partial charge on any atom is -0.353 e. The van der Waals surface area contributed by atoms with Crippen molar-refractivity contribution in [2.45, 2.75) is 26.8 Å². The highest BCUT2D eigenvalue weighted by Crippen LogP contribution is 1.95. The maximum Gasteiger partial charge on any atom is 0.234 e. The molecule has 0 aliphatic carbocycles. The fourth-order valence-corrected chi connectivity index (χ4v) is 1.46. The Balaban J connectivity index is 0. The van der Waals surface area contributed by atoms with Crippen molar-refractivity contribution in [3.8, 4) is 0 Å². The van der Waals surface area contributed by atoms with Crippen LogP contribution in [0.5, 0.6) is 0 Å². The van der Waals surface area contributed by atoms with Crippen LogP contribution in [0.4, 0.5) is 0 Å². The maximum atomic E-state index is 11.2. The van der Waals surface area contributed by atoms with E-state index in [2.05, 4.69) is 36.3 Å². The number of hydrogen-bond acceptors (Lipinski definition) is 3. The average molecular weight is 238 g/mol. The lowest BCUT2D eigenvalue weighted by Crippen LogP contribution is -2.43. The molecule has 0 spiro atoms. The predicted molar refractivity (Wildman–Crippen MR) is 66.6 cm³/mol. The van der Waals surface area contributed by atoms with Crippen LogP contribution in [0.25, 0.3) is 0 Å². The third kappa shape index (κ3) is 7.59. The van der Waals surface area contributed by atoms with E-state index in [1.165, 1.54) is 0 Å². The summed E-state index contributed by atoms with van der Waals surface area (Å²) in [4.78, 5) is 13.5. The van der Waals surface area contributed by atoms with Crippen molar-refractivity contribution in [1.82, 2.24) is 15.5 Å². The molecule has 1 atom stereocenters. The van der Waals surface area contributed by atoms with E-state index in [-0.39, 0.29) is 18.3 Å². The van der Waals surface area contributed by atoms with Crippen molar-refractivity contribution in [1.29, 1.82) is 0 Å². The monoisotopic (exact) mass is 237 g/mol. The smallest absolute Gasteiger partial charge is 0.234 e. The summed E-state index contributed by atoms with van der Waals surface area (Å²) < 4.78 is 0. The molecule has 2 N–H and O–H groups in total. The number of nitrogens with zero attached hydrogens (tertiary/aromatic N) is 1. The van der Waals surface area contributed by atoms with E-state index in [9.17, 15) is 4.79 Å². The SMILES string of the molecule is CCN(CC)C(C)CNC(=O)CNC.Cl. The molecule has 0 aliphatic heterocycles. The van der Waals surface area contributed by atoms with Gasteiger partial charge in [0.1, 0.15) is 0 Å². The maximum absolute atomic E-state index is 11.2. The molecule has 0 aromatic heterocycles. The molecule has 4 nitrogen and oxygen atoms in total. The number of hydrogen-bond donors (Lipinski definition) is 2. The normalized spacial score (nSPS) is 12.1. The Kier molecular flexibility index (Phi) is 11.6. The first-order chi connectivity index (χ1) is 6.65. The lowest BCUT2D eigenvalue weighted by Gasteiger charge is -2.26. The van der Waals surface area contributed by atoms with E-state index in [0.29, 0.717) is 12.6 Å². The van der Waals surface area contributed by atoms with Gasteiger partial charge in [-0.1, -0.05) is 13.8 Å². The highest BCUT2D eigenvalue weighted by molar-refractivity contribution is 5.85. The molecule has 92 valence electrons. The summed E-state index contributed by atoms with van der Waals surface area (Å²) in [6, 6.07) is 0.408. The molecule has 15 heavy (non-hydrogen) atoms. The predicted octanol–water partition coefficient (Wildman–Crippen LogP) is 0.474. The van der Waals surface area contributed by atoms with Crippen LogP contribution in [0.1, 0.15) is 20.8 Å². The molecule has 5 heteroatoms. The first kappa shape index (κ1) is 17.1. The minimum absolute atomic E-state index is 0. The highest BCUT2D eigenvalue weighted by Gasteiger charge is 2.10. The second-order valence-corrected chi connectivity index (χ2v) is 3.40. The molecule has 1 unspecified atom stereocenters. The van der Waals surface area contributed by atoms with Crippen LogP contribution in [0.3, 0.4) is 0 Å². The van der Waals surface area contributed by atoms with Crippen LogP contribution in [-0.2, 0) is 4.79 Å². The van der Waals surface area contributed by atoms with Gasteiger partial charge in [0.2, 0.25) is 5.91 Å². The van der Waals surface area contributed by atoms with Gasteiger partial charge in [0.15, 0.2) is 0 Å². The second kappa shape index (κ2) is 10.2. The van der Waals surface area contributed by atoms with E-state index in [1.807, 2.05) is 0 Å². The van der Waals surface area contributed by atoms with Crippen molar-refractivity contribution < 1.29 is 4.79 Å². The van der Waals surface area contributed by atoms with Gasteiger partial charge in [-0.3, -0.25) is 9.69 Å². The summed E-state index contributed by atoms with van der Waals surface area (Å²) in [5.74, 6) is 0.0616. The molecule has 0 saturated heterocycles. The molecule has 1 amide bonds. The Bertz CT molecular complexity index is 163. The summed E-state index contributed by atoms with van der Waals surface area (Å²) in [6.45, 7) is 9.57. The van der Waals surface area contributed by atoms with Gasteiger partial charge in [0.25, 0.3) is 0 Å². The van der Waals surface area contributed by atoms with Crippen LogP contribution >= 0.6 is 12.4 Å². The lowest BCUT2D eigenvalue weighted by atomic mass is 10.2. The molecule has 0 aromatic rings. The molecular formula is C10H24ClN3O. The van der Waals surface area contributed by atoms with Crippen LogP contribution in [0, 0.1) is 0 Å². The molecule has 0 radical (unpaired) electrons. The van der Waals surface area contributed by atoms with Crippen molar-refractivity contribution in [3.05, 3.63) is 0 Å². The van der Waals surface area contributed by atoms with Gasteiger partial charge in [0, 0.05) is 12.6 Å². The number of likely N-dealkylation sites (N-methyl/N-ethyl adjacent to an activating group) is 2. The topological polar surface area (TPSA) is 44.4 Å². The number of amides is 1. The molecule has 0 heterocycles. The second-order valence-electron chi connectivity index (χ2n) is 3.40. The zero-order valence-corrected chi connectivity index (χ0v) is 11.0. The van der Waals surface area contributed by atoms with Gasteiger partial charge in [-0.25, -0.2) is 0 Å². The lowest BCUT2D eigenvalue weighted by molar-refractivity contribution is -0.120. The molecular weight excluding hydrogens is 214 g/mol. The van der Waals surface area contributed by atoms with Gasteiger partial charge >= 0.3 is 0 Å². The molecule has 0 rings (SSSR count). The number of nitrogens with one attached hydrogen (secondary N) is 2. The highest BCUT2D eigenvalue weighted by atomic mass is 35.5. The Morgan fingerprint density at radius 2 is 1.87 bits per heavy atom. The molecule has 0 fully saturated rings. The van der Waals surface area contributed by atoms with Gasteiger partial charge in [0.05, 0.1) is 6.54 Å². The summed E-state index contributed by atoms with van der Waals surface area (Å²) in [5, 5.41) is 5.71. The van der Waals surface area contributed by atoms with Crippen molar-refractivity contribution >= 4 is 18.3 Å². The standard InChI is InChI=1S/C10H23N3O.ClH/c1-5-13(6-2)9(3)7-12-10(14)8-11-4;/h9,11H,5-8H2,1-4H3,(H,12,14);1H. The quantitative estimate of drug-likeness (QED) is 0.677. The first-order valence-electron chi connectivity index (χ1n) is 5.31. The fraction of sp³-hybridized carbons (Fsp3) is 0.900. The zero-order valence-electron chi connectivity index (χ0n) is 10.2. The van der Waals surface area contributed by atoms with E-state index >= 15 is 0 Å². The third-order valence-electron chi connectivity index (χ3n) is 2.37. The summed E-state index contributed by atoms with van der Waals surface area (Å²) in [5.41, 5.74) is 0. The third-order valence-corrected chi connectivity index (χ3v) is 2.37. The van der Waals surface area contributed by atoms with Gasteiger partial charge < -0.3 is 10.6 Å². The molecule has 0 bridgehead atoms. The van der Waals surface area contributed by atoms with Crippen molar-refractivity contribution in [3.63, 3.8) is 0 Å². The van der Waals surface area contributed by atoms with Gasteiger partial charge in [-0.15, -0.1) is 12.4 Å². The number of carbonyl (C=O) groups is 1. The number of rotatable bonds is 7. The largest absolute Gasteiger partial charge is 0.353 e. The van der Waals surface area contributed by atoms with Crippen LogP contribution < -0.4 is 10.6 Å². The van der Waals surface area contributed by atoms with Crippen molar-refractivity contribution in [2.24, 2.45) is 0 Å².